The molecule has 3 aromatic rings. The first-order valence-electron chi connectivity index (χ1n) is 7.17. The molecule has 0 fully saturated rings. The van der Waals surface area contributed by atoms with E-state index in [-0.39, 0.29) is 5.91 Å². The fourth-order valence-corrected chi connectivity index (χ4v) is 2.76. The maximum absolute atomic E-state index is 12.3. The largest absolute Gasteiger partial charge is 0.298 e. The summed E-state index contributed by atoms with van der Waals surface area (Å²) in [5.74, 6) is -0.294. The van der Waals surface area contributed by atoms with Crippen molar-refractivity contribution in [2.75, 3.05) is 10.3 Å². The monoisotopic (exact) mass is 351 g/mol. The average Bonchev–Trinajstić information content (AvgIpc) is 3.12. The highest BCUT2D eigenvalue weighted by Crippen LogP contribution is 2.24. The molecule has 3 rings (SSSR count). The molecular weight excluding hydrogens is 338 g/mol. The first-order valence-corrected chi connectivity index (χ1v) is 8.05. The molecule has 0 saturated carbocycles. The van der Waals surface area contributed by atoms with Gasteiger partial charge in [-0.3, -0.25) is 20.5 Å². The molecule has 1 aromatic carbocycles. The molecule has 0 spiro atoms. The molecule has 2 aromatic heterocycles. The van der Waals surface area contributed by atoms with Gasteiger partial charge in [0, 0.05) is 17.1 Å². The Hall–Kier alpha value is -3.46. The van der Waals surface area contributed by atoms with E-state index in [0.29, 0.717) is 22.1 Å². The van der Waals surface area contributed by atoms with Gasteiger partial charge in [-0.05, 0) is 36.4 Å². The molecule has 3 N–H and O–H groups in total. The maximum Gasteiger partial charge on any atom is 0.257 e. The van der Waals surface area contributed by atoms with Crippen molar-refractivity contribution in [3.8, 4) is 11.4 Å². The lowest BCUT2D eigenvalue weighted by Crippen LogP contribution is -2.13. The molecule has 0 saturated heterocycles. The highest BCUT2D eigenvalue weighted by Gasteiger charge is 2.11. The van der Waals surface area contributed by atoms with Crippen LogP contribution in [0.15, 0.2) is 59.3 Å². The van der Waals surface area contributed by atoms with Crippen molar-refractivity contribution in [2.45, 2.75) is 0 Å². The standard InChI is InChI=1S/C16H13N7OS/c17-10-23(22-18)12-6-4-11(5-7-12)15(24)21-16-20-14(9-25-16)13-3-1-2-8-19-13/h1-10,17-18H,(H,20,21,24). The molecule has 124 valence electrons. The highest BCUT2D eigenvalue weighted by atomic mass is 32.1. The minimum atomic E-state index is -0.294. The molecule has 9 heteroatoms. The van der Waals surface area contributed by atoms with Crippen LogP contribution in [0.1, 0.15) is 10.4 Å². The Kier molecular flexibility index (Phi) is 4.86. The molecule has 25 heavy (non-hydrogen) atoms. The Labute approximate surface area is 147 Å². The number of hydrogen-bond donors (Lipinski definition) is 3. The maximum atomic E-state index is 12.3. The van der Waals surface area contributed by atoms with Gasteiger partial charge in [0.1, 0.15) is 12.0 Å². The molecule has 0 aliphatic carbocycles. The predicted octanol–water partition coefficient (Wildman–Crippen LogP) is 3.82. The summed E-state index contributed by atoms with van der Waals surface area (Å²) in [4.78, 5) is 20.9. The van der Waals surface area contributed by atoms with E-state index >= 15 is 0 Å². The summed E-state index contributed by atoms with van der Waals surface area (Å²) in [6.45, 7) is 0. The second kappa shape index (κ2) is 7.41. The average molecular weight is 351 g/mol. The number of pyridine rings is 1. The number of thiazole rings is 1. The van der Waals surface area contributed by atoms with E-state index in [2.05, 4.69) is 20.5 Å². The van der Waals surface area contributed by atoms with Crippen LogP contribution in [0.5, 0.6) is 0 Å². The summed E-state index contributed by atoms with van der Waals surface area (Å²) >= 11 is 1.32. The molecule has 0 aliphatic heterocycles. The third-order valence-electron chi connectivity index (χ3n) is 3.28. The number of carbonyl (C=O) groups is 1. The molecular formula is C16H13N7OS. The summed E-state index contributed by atoms with van der Waals surface area (Å²) in [7, 11) is 0. The van der Waals surface area contributed by atoms with E-state index in [1.165, 1.54) is 11.3 Å². The van der Waals surface area contributed by atoms with E-state index in [0.717, 1.165) is 17.0 Å². The number of amides is 1. The number of nitrogens with zero attached hydrogens (tertiary/aromatic N) is 4. The lowest BCUT2D eigenvalue weighted by molar-refractivity contribution is 0.102. The summed E-state index contributed by atoms with van der Waals surface area (Å²) in [6.07, 6.45) is 2.60. The summed E-state index contributed by atoms with van der Waals surface area (Å²) in [6, 6.07) is 12.0. The first-order chi connectivity index (χ1) is 12.2. The Balaban J connectivity index is 1.71. The van der Waals surface area contributed by atoms with E-state index in [4.69, 9.17) is 10.9 Å². The minimum absolute atomic E-state index is 0.294. The zero-order valence-electron chi connectivity index (χ0n) is 12.9. The van der Waals surface area contributed by atoms with Crippen LogP contribution < -0.4 is 10.3 Å². The first kappa shape index (κ1) is 16.4. The third kappa shape index (κ3) is 3.72. The van der Waals surface area contributed by atoms with Crippen LogP contribution in [0.25, 0.3) is 11.4 Å². The molecule has 0 aliphatic rings. The number of rotatable bonds is 6. The van der Waals surface area contributed by atoms with Crippen molar-refractivity contribution in [3.63, 3.8) is 0 Å². The van der Waals surface area contributed by atoms with Gasteiger partial charge in [-0.15, -0.1) is 11.3 Å². The Morgan fingerprint density at radius 2 is 2.00 bits per heavy atom. The second-order valence-corrected chi connectivity index (χ2v) is 5.69. The van der Waals surface area contributed by atoms with E-state index in [1.807, 2.05) is 23.6 Å². The third-order valence-corrected chi connectivity index (χ3v) is 4.03. The molecule has 8 nitrogen and oxygen atoms in total. The van der Waals surface area contributed by atoms with Gasteiger partial charge in [0.2, 0.25) is 0 Å². The van der Waals surface area contributed by atoms with Crippen LogP contribution in [0.3, 0.4) is 0 Å². The molecule has 1 amide bonds. The SMILES string of the molecule is N=CN(N=N)c1ccc(C(=O)Nc2nc(-c3ccccn3)cs2)cc1. The van der Waals surface area contributed by atoms with Crippen LogP contribution in [-0.2, 0) is 0 Å². The van der Waals surface area contributed by atoms with Gasteiger partial charge in [0.05, 0.1) is 11.4 Å². The van der Waals surface area contributed by atoms with Gasteiger partial charge in [-0.25, -0.2) is 9.99 Å². The van der Waals surface area contributed by atoms with Crippen LogP contribution in [0.4, 0.5) is 10.8 Å². The summed E-state index contributed by atoms with van der Waals surface area (Å²) < 4.78 is 0. The fourth-order valence-electron chi connectivity index (χ4n) is 2.06. The van der Waals surface area contributed by atoms with Crippen molar-refractivity contribution in [2.24, 2.45) is 5.22 Å². The quantitative estimate of drug-likeness (QED) is 0.271. The van der Waals surface area contributed by atoms with Crippen molar-refractivity contribution in [1.29, 1.82) is 10.9 Å². The predicted molar refractivity (Wildman–Crippen MR) is 96.2 cm³/mol. The molecule has 0 atom stereocenters. The number of benzene rings is 1. The van der Waals surface area contributed by atoms with Crippen LogP contribution >= 0.6 is 11.3 Å². The zero-order chi connectivity index (χ0) is 17.6. The van der Waals surface area contributed by atoms with E-state index in [1.54, 1.807) is 30.5 Å². The Morgan fingerprint density at radius 3 is 2.64 bits per heavy atom. The zero-order valence-corrected chi connectivity index (χ0v) is 13.7. The molecule has 2 heterocycles. The van der Waals surface area contributed by atoms with Crippen LogP contribution in [-0.4, -0.2) is 22.2 Å². The molecule has 0 bridgehead atoms. The Bertz CT molecular complexity index is 884. The van der Waals surface area contributed by atoms with Crippen molar-refractivity contribution < 1.29 is 4.79 Å². The lowest BCUT2D eigenvalue weighted by atomic mass is 10.2. The number of carbonyl (C=O) groups excluding carboxylic acids is 1. The second-order valence-electron chi connectivity index (χ2n) is 4.83. The number of hydrogen-bond acceptors (Lipinski definition) is 7. The number of anilines is 2. The fraction of sp³-hybridized carbons (Fsp3) is 0. The van der Waals surface area contributed by atoms with Gasteiger partial charge >= 0.3 is 0 Å². The lowest BCUT2D eigenvalue weighted by Gasteiger charge is -2.10. The van der Waals surface area contributed by atoms with Crippen molar-refractivity contribution >= 4 is 34.4 Å². The number of aromatic nitrogens is 2. The molecule has 0 unspecified atom stereocenters. The van der Waals surface area contributed by atoms with Gasteiger partial charge in [0.25, 0.3) is 5.91 Å². The smallest absolute Gasteiger partial charge is 0.257 e. The van der Waals surface area contributed by atoms with E-state index < -0.39 is 0 Å². The van der Waals surface area contributed by atoms with Gasteiger partial charge in [0.15, 0.2) is 5.13 Å². The van der Waals surface area contributed by atoms with Crippen molar-refractivity contribution in [1.82, 2.24) is 9.97 Å². The normalized spacial score (nSPS) is 10.1. The topological polar surface area (TPSA) is 118 Å². The summed E-state index contributed by atoms with van der Waals surface area (Å²) in [5.41, 5.74) is 9.37. The number of nitrogens with one attached hydrogen (secondary N) is 3. The van der Waals surface area contributed by atoms with Crippen molar-refractivity contribution in [3.05, 3.63) is 59.6 Å². The minimum Gasteiger partial charge on any atom is -0.298 e. The van der Waals surface area contributed by atoms with Gasteiger partial charge < -0.3 is 0 Å². The highest BCUT2D eigenvalue weighted by molar-refractivity contribution is 7.14. The van der Waals surface area contributed by atoms with Gasteiger partial charge in [-0.2, -0.15) is 5.53 Å². The van der Waals surface area contributed by atoms with Gasteiger partial charge in [-0.1, -0.05) is 11.3 Å². The van der Waals surface area contributed by atoms with Crippen LogP contribution in [0, 0.1) is 10.9 Å². The molecule has 0 radical (unpaired) electrons. The van der Waals surface area contributed by atoms with Crippen LogP contribution in [0.2, 0.25) is 0 Å². The summed E-state index contributed by atoms with van der Waals surface area (Å²) in [5, 5.41) is 16.5. The van der Waals surface area contributed by atoms with E-state index in [9.17, 15) is 4.79 Å². The Morgan fingerprint density at radius 1 is 1.20 bits per heavy atom.